The van der Waals surface area contributed by atoms with E-state index < -0.39 is 0 Å². The van der Waals surface area contributed by atoms with Crippen LogP contribution in [-0.2, 0) is 0 Å². The number of thiazole rings is 1. The number of carbonyl (C=O) groups is 1. The Morgan fingerprint density at radius 2 is 2.10 bits per heavy atom. The number of para-hydroxylation sites is 1. The lowest BCUT2D eigenvalue weighted by Crippen LogP contribution is -2.30. The minimum absolute atomic E-state index is 0.114. The quantitative estimate of drug-likeness (QED) is 0.746. The van der Waals surface area contributed by atoms with Crippen molar-refractivity contribution < 1.29 is 4.79 Å². The molecular weight excluding hydrogens is 284 g/mol. The third-order valence-corrected chi connectivity index (χ3v) is 4.56. The number of aromatic nitrogens is 3. The maximum atomic E-state index is 12.4. The van der Waals surface area contributed by atoms with Crippen molar-refractivity contribution in [2.24, 2.45) is 0 Å². The lowest BCUT2D eigenvalue weighted by atomic mass is 10.2. The van der Waals surface area contributed by atoms with Crippen LogP contribution < -0.4 is 0 Å². The molecule has 0 aliphatic heterocycles. The molecule has 3 aromatic rings. The zero-order chi connectivity index (χ0) is 14.8. The number of nitrogens with zero attached hydrogens (tertiary/aromatic N) is 4. The molecule has 21 heavy (non-hydrogen) atoms. The largest absolute Gasteiger partial charge is 0.331 e. The molecule has 0 fully saturated rings. The van der Waals surface area contributed by atoms with Gasteiger partial charge in [-0.3, -0.25) is 9.78 Å². The van der Waals surface area contributed by atoms with Crippen LogP contribution in [0.3, 0.4) is 0 Å². The Morgan fingerprint density at radius 3 is 2.81 bits per heavy atom. The molecule has 1 amide bonds. The highest BCUT2D eigenvalue weighted by Crippen LogP contribution is 2.29. The topological polar surface area (TPSA) is 59.0 Å². The third kappa shape index (κ3) is 2.62. The van der Waals surface area contributed by atoms with E-state index in [1.807, 2.05) is 31.2 Å². The average molecular weight is 298 g/mol. The van der Waals surface area contributed by atoms with E-state index in [-0.39, 0.29) is 11.9 Å². The van der Waals surface area contributed by atoms with Gasteiger partial charge in [0.15, 0.2) is 0 Å². The molecule has 0 aliphatic rings. The fraction of sp³-hybridized carbons (Fsp3) is 0.200. The Morgan fingerprint density at radius 1 is 1.29 bits per heavy atom. The number of rotatable bonds is 3. The first-order valence-electron chi connectivity index (χ1n) is 6.55. The van der Waals surface area contributed by atoms with Crippen LogP contribution in [0.2, 0.25) is 0 Å². The van der Waals surface area contributed by atoms with E-state index in [2.05, 4.69) is 15.0 Å². The molecule has 2 aromatic heterocycles. The number of benzene rings is 1. The summed E-state index contributed by atoms with van der Waals surface area (Å²) >= 11 is 1.61. The molecule has 2 heterocycles. The smallest absolute Gasteiger partial charge is 0.274 e. The minimum Gasteiger partial charge on any atom is -0.331 e. The van der Waals surface area contributed by atoms with Gasteiger partial charge in [0.1, 0.15) is 10.7 Å². The van der Waals surface area contributed by atoms with Gasteiger partial charge in [-0.2, -0.15) is 0 Å². The molecule has 0 aliphatic carbocycles. The van der Waals surface area contributed by atoms with Gasteiger partial charge in [-0.25, -0.2) is 9.97 Å². The van der Waals surface area contributed by atoms with Crippen LogP contribution in [0.15, 0.2) is 42.9 Å². The molecule has 5 nitrogen and oxygen atoms in total. The van der Waals surface area contributed by atoms with Gasteiger partial charge in [0, 0.05) is 19.4 Å². The van der Waals surface area contributed by atoms with Crippen LogP contribution in [0.5, 0.6) is 0 Å². The van der Waals surface area contributed by atoms with E-state index in [4.69, 9.17) is 0 Å². The number of hydrogen-bond donors (Lipinski definition) is 0. The first kappa shape index (κ1) is 13.6. The Bertz CT molecular complexity index is 738. The van der Waals surface area contributed by atoms with E-state index in [1.165, 1.54) is 12.4 Å². The second-order valence-corrected chi connectivity index (χ2v) is 5.76. The molecule has 0 spiro atoms. The van der Waals surface area contributed by atoms with Gasteiger partial charge < -0.3 is 4.90 Å². The Balaban J connectivity index is 1.87. The lowest BCUT2D eigenvalue weighted by Gasteiger charge is -2.22. The summed E-state index contributed by atoms with van der Waals surface area (Å²) in [7, 11) is 1.76. The Labute approximate surface area is 126 Å². The van der Waals surface area contributed by atoms with Gasteiger partial charge in [-0.15, -0.1) is 11.3 Å². The highest BCUT2D eigenvalue weighted by atomic mass is 32.1. The SMILES string of the molecule is C[C@@H](c1nc2ccccc2s1)N(C)C(=O)c1cnccn1. The van der Waals surface area contributed by atoms with Crippen molar-refractivity contribution in [3.05, 3.63) is 53.6 Å². The maximum Gasteiger partial charge on any atom is 0.274 e. The molecule has 1 aromatic carbocycles. The van der Waals surface area contributed by atoms with E-state index >= 15 is 0 Å². The molecule has 1 atom stereocenters. The molecule has 6 heteroatoms. The van der Waals surface area contributed by atoms with Gasteiger partial charge in [-0.05, 0) is 19.1 Å². The molecule has 0 saturated carbocycles. The summed E-state index contributed by atoms with van der Waals surface area (Å²) < 4.78 is 1.12. The molecular formula is C15H14N4OS. The highest BCUT2D eigenvalue weighted by Gasteiger charge is 2.22. The van der Waals surface area contributed by atoms with Crippen molar-refractivity contribution in [1.82, 2.24) is 19.9 Å². The normalized spacial score (nSPS) is 12.3. The number of carbonyl (C=O) groups excluding carboxylic acids is 1. The first-order valence-corrected chi connectivity index (χ1v) is 7.37. The van der Waals surface area contributed by atoms with Gasteiger partial charge in [-0.1, -0.05) is 12.1 Å². The first-order chi connectivity index (χ1) is 10.2. The highest BCUT2D eigenvalue weighted by molar-refractivity contribution is 7.18. The van der Waals surface area contributed by atoms with Crippen molar-refractivity contribution in [2.45, 2.75) is 13.0 Å². The number of amides is 1. The van der Waals surface area contributed by atoms with Crippen molar-refractivity contribution in [1.29, 1.82) is 0 Å². The van der Waals surface area contributed by atoms with Crippen LogP contribution in [0.1, 0.15) is 28.5 Å². The fourth-order valence-electron chi connectivity index (χ4n) is 2.00. The van der Waals surface area contributed by atoms with Crippen LogP contribution in [-0.4, -0.2) is 32.8 Å². The van der Waals surface area contributed by atoms with Crippen molar-refractivity contribution in [3.63, 3.8) is 0 Å². The zero-order valence-corrected chi connectivity index (χ0v) is 12.5. The second-order valence-electron chi connectivity index (χ2n) is 4.70. The van der Waals surface area contributed by atoms with E-state index in [1.54, 1.807) is 29.5 Å². The summed E-state index contributed by atoms with van der Waals surface area (Å²) in [5.41, 5.74) is 1.30. The average Bonchev–Trinajstić information content (AvgIpc) is 2.97. The zero-order valence-electron chi connectivity index (χ0n) is 11.7. The molecule has 3 rings (SSSR count). The minimum atomic E-state index is -0.158. The molecule has 0 bridgehead atoms. The Hall–Kier alpha value is -2.34. The van der Waals surface area contributed by atoms with E-state index in [0.717, 1.165) is 15.2 Å². The summed E-state index contributed by atoms with van der Waals surface area (Å²) in [6, 6.07) is 7.85. The number of hydrogen-bond acceptors (Lipinski definition) is 5. The molecule has 106 valence electrons. The molecule has 0 unspecified atom stereocenters. The van der Waals surface area contributed by atoms with Crippen LogP contribution in [0, 0.1) is 0 Å². The summed E-state index contributed by atoms with van der Waals surface area (Å²) in [6.07, 6.45) is 4.54. The van der Waals surface area contributed by atoms with Gasteiger partial charge >= 0.3 is 0 Å². The third-order valence-electron chi connectivity index (χ3n) is 3.35. The van der Waals surface area contributed by atoms with Crippen molar-refractivity contribution >= 4 is 27.5 Å². The summed E-state index contributed by atoms with van der Waals surface area (Å²) in [5, 5.41) is 0.913. The van der Waals surface area contributed by atoms with Crippen LogP contribution in [0.25, 0.3) is 10.2 Å². The molecule has 0 radical (unpaired) electrons. The predicted octanol–water partition coefficient (Wildman–Crippen LogP) is 2.92. The summed E-state index contributed by atoms with van der Waals surface area (Å²) in [4.78, 5) is 26.6. The predicted molar refractivity (Wildman–Crippen MR) is 82.2 cm³/mol. The van der Waals surface area contributed by atoms with Crippen molar-refractivity contribution in [3.8, 4) is 0 Å². The van der Waals surface area contributed by atoms with E-state index in [9.17, 15) is 4.79 Å². The molecule has 0 N–H and O–H groups in total. The summed E-state index contributed by atoms with van der Waals surface area (Å²) in [5.74, 6) is -0.158. The Kier molecular flexibility index (Phi) is 3.62. The summed E-state index contributed by atoms with van der Waals surface area (Å²) in [6.45, 7) is 1.96. The second kappa shape index (κ2) is 5.57. The lowest BCUT2D eigenvalue weighted by molar-refractivity contribution is 0.0736. The van der Waals surface area contributed by atoms with Gasteiger partial charge in [0.2, 0.25) is 0 Å². The monoisotopic (exact) mass is 298 g/mol. The van der Waals surface area contributed by atoms with E-state index in [0.29, 0.717) is 5.69 Å². The maximum absolute atomic E-state index is 12.4. The van der Waals surface area contributed by atoms with Gasteiger partial charge in [0.05, 0.1) is 22.5 Å². The standard InChI is InChI=1S/C15H14N4OS/c1-10(14-18-11-5-3-4-6-13(11)21-14)19(2)15(20)12-9-16-7-8-17-12/h3-10H,1-2H3/t10-/m0/s1. The van der Waals surface area contributed by atoms with Crippen LogP contribution in [0.4, 0.5) is 0 Å². The van der Waals surface area contributed by atoms with Crippen LogP contribution >= 0.6 is 11.3 Å². The van der Waals surface area contributed by atoms with Crippen molar-refractivity contribution in [2.75, 3.05) is 7.05 Å². The number of fused-ring (bicyclic) bond motifs is 1. The fourth-order valence-corrected chi connectivity index (χ4v) is 3.06. The van der Waals surface area contributed by atoms with Gasteiger partial charge in [0.25, 0.3) is 5.91 Å². The molecule has 0 saturated heterocycles.